The van der Waals surface area contributed by atoms with Crippen molar-refractivity contribution in [3.8, 4) is 0 Å². The summed E-state index contributed by atoms with van der Waals surface area (Å²) in [6.07, 6.45) is -0.772. The Morgan fingerprint density at radius 2 is 2.17 bits per heavy atom. The second-order valence-electron chi connectivity index (χ2n) is 4.70. The predicted octanol–water partition coefficient (Wildman–Crippen LogP) is 1.21. The summed E-state index contributed by atoms with van der Waals surface area (Å²) in [7, 11) is 0. The minimum Gasteiger partial charge on any atom is -0.350 e. The van der Waals surface area contributed by atoms with Gasteiger partial charge in [0, 0.05) is 19.1 Å². The molecule has 1 saturated heterocycles. The number of rotatable bonds is 2. The highest BCUT2D eigenvalue weighted by molar-refractivity contribution is 5.64. The van der Waals surface area contributed by atoms with E-state index in [9.17, 15) is 4.79 Å². The van der Waals surface area contributed by atoms with Gasteiger partial charge < -0.3 is 15.9 Å². The van der Waals surface area contributed by atoms with Crippen molar-refractivity contribution in [3.63, 3.8) is 0 Å². The number of piperazine rings is 1. The molecule has 1 aliphatic heterocycles. The minimum atomic E-state index is -0.772. The van der Waals surface area contributed by atoms with Crippen molar-refractivity contribution in [2.24, 2.45) is 5.73 Å². The zero-order valence-corrected chi connectivity index (χ0v) is 10.7. The number of nitrogens with two attached hydrogens (primary N) is 1. The van der Waals surface area contributed by atoms with Crippen LogP contribution < -0.4 is 11.1 Å². The molecule has 0 aromatic heterocycles. The summed E-state index contributed by atoms with van der Waals surface area (Å²) >= 11 is 0. The van der Waals surface area contributed by atoms with Crippen LogP contribution in [0, 0.1) is 0 Å². The largest absolute Gasteiger partial charge is 0.423 e. The number of carbonyl (C=O) groups excluding carboxylic acids is 1. The number of nitrogens with zero attached hydrogens (tertiary/aromatic N) is 1. The maximum absolute atomic E-state index is 11.0. The number of hydroxylamine groups is 2. The third-order valence-corrected chi connectivity index (χ3v) is 3.69. The Labute approximate surface area is 107 Å². The third kappa shape index (κ3) is 2.19. The molecule has 0 bridgehead atoms. The van der Waals surface area contributed by atoms with E-state index in [1.165, 1.54) is 0 Å². The van der Waals surface area contributed by atoms with Crippen LogP contribution in [-0.2, 0) is 10.4 Å². The lowest BCUT2D eigenvalue weighted by Gasteiger charge is -2.47. The van der Waals surface area contributed by atoms with Crippen LogP contribution in [0.5, 0.6) is 0 Å². The highest BCUT2D eigenvalue weighted by Crippen LogP contribution is 2.33. The number of nitrogens with one attached hydrogen (secondary N) is 1. The van der Waals surface area contributed by atoms with Crippen molar-refractivity contribution >= 4 is 6.09 Å². The van der Waals surface area contributed by atoms with Gasteiger partial charge in [0.2, 0.25) is 0 Å². The summed E-state index contributed by atoms with van der Waals surface area (Å²) in [6, 6.07) is 10.1. The Kier molecular flexibility index (Phi) is 3.54. The number of carbonyl (C=O) groups is 1. The first-order chi connectivity index (χ1) is 8.55. The van der Waals surface area contributed by atoms with E-state index in [0.717, 1.165) is 12.1 Å². The van der Waals surface area contributed by atoms with Gasteiger partial charge in [0.15, 0.2) is 0 Å². The van der Waals surface area contributed by atoms with Gasteiger partial charge in [0.05, 0.1) is 5.54 Å². The van der Waals surface area contributed by atoms with E-state index in [0.29, 0.717) is 6.54 Å². The number of hydrogen-bond donors (Lipinski definition) is 2. The van der Waals surface area contributed by atoms with Crippen molar-refractivity contribution in [1.82, 2.24) is 10.4 Å². The Balaban J connectivity index is 2.36. The maximum atomic E-state index is 11.0. The Bertz CT molecular complexity index is 424. The van der Waals surface area contributed by atoms with Crippen LogP contribution in [0.15, 0.2) is 30.3 Å². The van der Waals surface area contributed by atoms with Gasteiger partial charge in [0.25, 0.3) is 0 Å². The van der Waals surface area contributed by atoms with Gasteiger partial charge >= 0.3 is 6.09 Å². The van der Waals surface area contributed by atoms with Gasteiger partial charge in [-0.15, -0.1) is 5.06 Å². The molecule has 2 atom stereocenters. The molecule has 2 unspecified atom stereocenters. The van der Waals surface area contributed by atoms with Crippen LogP contribution in [0.3, 0.4) is 0 Å². The van der Waals surface area contributed by atoms with Gasteiger partial charge in [-0.05, 0) is 19.4 Å². The van der Waals surface area contributed by atoms with Gasteiger partial charge in [-0.2, -0.15) is 0 Å². The molecule has 18 heavy (non-hydrogen) atoms. The topological polar surface area (TPSA) is 67.6 Å². The lowest BCUT2D eigenvalue weighted by molar-refractivity contribution is -0.192. The first-order valence-corrected chi connectivity index (χ1v) is 6.09. The normalized spacial score (nSPS) is 28.9. The summed E-state index contributed by atoms with van der Waals surface area (Å²) < 4.78 is 0. The summed E-state index contributed by atoms with van der Waals surface area (Å²) in [4.78, 5) is 16.2. The lowest BCUT2D eigenvalue weighted by Crippen LogP contribution is -2.63. The number of benzene rings is 1. The first-order valence-electron chi connectivity index (χ1n) is 6.09. The van der Waals surface area contributed by atoms with E-state index in [1.54, 1.807) is 5.06 Å². The average molecular weight is 249 g/mol. The fraction of sp³-hybridized carbons (Fsp3) is 0.462. The molecule has 0 saturated carbocycles. The quantitative estimate of drug-likeness (QED) is 0.826. The molecule has 2 rings (SSSR count). The average Bonchev–Trinajstić information content (AvgIpc) is 2.35. The van der Waals surface area contributed by atoms with Crippen molar-refractivity contribution in [3.05, 3.63) is 35.9 Å². The fourth-order valence-corrected chi connectivity index (χ4v) is 2.45. The lowest BCUT2D eigenvalue weighted by atomic mass is 9.83. The zero-order chi connectivity index (χ0) is 13.2. The molecular weight excluding hydrogens is 230 g/mol. The molecule has 98 valence electrons. The standard InChI is InChI=1S/C13H19N3O2/c1-10-13(2,11-6-4-3-5-7-11)16(9-8-15-10)18-12(14)17/h3-7,10,15H,8-9H2,1-2H3,(H2,14,17). The molecule has 0 aliphatic carbocycles. The summed E-state index contributed by atoms with van der Waals surface area (Å²) in [5.41, 5.74) is 5.81. The number of primary amides is 1. The fourth-order valence-electron chi connectivity index (χ4n) is 2.45. The van der Waals surface area contributed by atoms with Gasteiger partial charge in [-0.1, -0.05) is 30.3 Å². The molecule has 1 fully saturated rings. The smallest absolute Gasteiger partial charge is 0.350 e. The van der Waals surface area contributed by atoms with Crippen LogP contribution in [0.4, 0.5) is 4.79 Å². The second-order valence-corrected chi connectivity index (χ2v) is 4.70. The molecule has 1 aromatic carbocycles. The van der Waals surface area contributed by atoms with Gasteiger partial charge in [-0.25, -0.2) is 4.79 Å². The van der Waals surface area contributed by atoms with Gasteiger partial charge in [-0.3, -0.25) is 0 Å². The second kappa shape index (κ2) is 4.96. The number of hydrogen-bond acceptors (Lipinski definition) is 4. The number of amides is 1. The Morgan fingerprint density at radius 3 is 2.78 bits per heavy atom. The van der Waals surface area contributed by atoms with Crippen molar-refractivity contribution in [2.45, 2.75) is 25.4 Å². The summed E-state index contributed by atoms with van der Waals surface area (Å²) in [6.45, 7) is 5.49. The molecule has 3 N–H and O–H groups in total. The molecule has 5 heteroatoms. The molecule has 1 aliphatic rings. The van der Waals surface area contributed by atoms with Crippen molar-refractivity contribution < 1.29 is 9.63 Å². The van der Waals surface area contributed by atoms with Crippen molar-refractivity contribution in [2.75, 3.05) is 13.1 Å². The monoisotopic (exact) mass is 249 g/mol. The zero-order valence-electron chi connectivity index (χ0n) is 10.7. The molecule has 0 radical (unpaired) electrons. The Hall–Kier alpha value is -1.59. The summed E-state index contributed by atoms with van der Waals surface area (Å²) in [5, 5.41) is 5.07. The van der Waals surface area contributed by atoms with E-state index < -0.39 is 11.6 Å². The highest BCUT2D eigenvalue weighted by Gasteiger charge is 2.43. The van der Waals surface area contributed by atoms with E-state index >= 15 is 0 Å². The van der Waals surface area contributed by atoms with Crippen LogP contribution in [0.2, 0.25) is 0 Å². The highest BCUT2D eigenvalue weighted by atomic mass is 16.7. The summed E-state index contributed by atoms with van der Waals surface area (Å²) in [5.74, 6) is 0. The van der Waals surface area contributed by atoms with Crippen LogP contribution >= 0.6 is 0 Å². The van der Waals surface area contributed by atoms with E-state index in [4.69, 9.17) is 10.6 Å². The van der Waals surface area contributed by atoms with Crippen LogP contribution in [-0.4, -0.2) is 30.3 Å². The molecule has 1 aromatic rings. The van der Waals surface area contributed by atoms with Crippen molar-refractivity contribution in [1.29, 1.82) is 0 Å². The predicted molar refractivity (Wildman–Crippen MR) is 68.6 cm³/mol. The van der Waals surface area contributed by atoms with E-state index in [1.807, 2.05) is 37.3 Å². The van der Waals surface area contributed by atoms with Gasteiger partial charge in [0.1, 0.15) is 0 Å². The first kappa shape index (κ1) is 12.9. The molecule has 1 amide bonds. The van der Waals surface area contributed by atoms with E-state index in [-0.39, 0.29) is 6.04 Å². The minimum absolute atomic E-state index is 0.146. The van der Waals surface area contributed by atoms with Crippen LogP contribution in [0.25, 0.3) is 0 Å². The van der Waals surface area contributed by atoms with E-state index in [2.05, 4.69) is 12.2 Å². The molecular formula is C13H19N3O2. The molecule has 1 heterocycles. The van der Waals surface area contributed by atoms with Crippen LogP contribution in [0.1, 0.15) is 19.4 Å². The maximum Gasteiger partial charge on any atom is 0.423 e. The Morgan fingerprint density at radius 1 is 1.50 bits per heavy atom. The third-order valence-electron chi connectivity index (χ3n) is 3.69. The SMILES string of the molecule is CC1NCCN(OC(N)=O)C1(C)c1ccccc1. The molecule has 5 nitrogen and oxygen atoms in total. The molecule has 0 spiro atoms.